The minimum atomic E-state index is -0.310. The summed E-state index contributed by atoms with van der Waals surface area (Å²) >= 11 is 0. The van der Waals surface area contributed by atoms with Gasteiger partial charge in [-0.05, 0) is 59.7 Å². The number of hydrogen-bond donors (Lipinski definition) is 1. The molecule has 0 atom stereocenters. The van der Waals surface area contributed by atoms with Gasteiger partial charge in [0.1, 0.15) is 17.4 Å². The molecule has 172 valence electrons. The minimum Gasteiger partial charge on any atom is -0.508 e. The molecule has 0 radical (unpaired) electrons. The van der Waals surface area contributed by atoms with Crippen LogP contribution in [0.15, 0.2) is 60.6 Å². The topological polar surface area (TPSA) is 88.0 Å². The molecule has 1 N–H and O–H groups in total. The molecule has 0 spiro atoms. The van der Waals surface area contributed by atoms with Crippen LogP contribution in [0.5, 0.6) is 0 Å². The Morgan fingerprint density at radius 3 is 1.73 bits per heavy atom. The van der Waals surface area contributed by atoms with Crippen LogP contribution in [0.25, 0.3) is 12.2 Å². The van der Waals surface area contributed by atoms with Crippen molar-refractivity contribution in [3.63, 3.8) is 0 Å². The SMILES string of the molecule is O=C(/C=C(O)/C=C/c1ccc(N2CCOCC2)nc1)/C=C/c1ccc(N2CCOCC2)nc1. The molecular formula is C25H28N4O4. The summed E-state index contributed by atoms with van der Waals surface area (Å²) < 4.78 is 10.7. The maximum absolute atomic E-state index is 12.1. The van der Waals surface area contributed by atoms with Gasteiger partial charge >= 0.3 is 0 Å². The molecule has 8 heteroatoms. The van der Waals surface area contributed by atoms with E-state index in [0.29, 0.717) is 26.4 Å². The molecule has 0 amide bonds. The number of allylic oxidation sites excluding steroid dienone is 3. The number of carbonyl (C=O) groups excluding carboxylic acids is 1. The predicted molar refractivity (Wildman–Crippen MR) is 128 cm³/mol. The Labute approximate surface area is 193 Å². The highest BCUT2D eigenvalue weighted by molar-refractivity contribution is 6.02. The lowest BCUT2D eigenvalue weighted by Crippen LogP contribution is -2.36. The third-order valence-corrected chi connectivity index (χ3v) is 5.39. The Balaban J connectivity index is 1.29. The maximum atomic E-state index is 12.1. The van der Waals surface area contributed by atoms with Crippen LogP contribution in [0, 0.1) is 0 Å². The first-order chi connectivity index (χ1) is 16.2. The van der Waals surface area contributed by atoms with Crippen molar-refractivity contribution in [3.05, 3.63) is 71.8 Å². The second-order valence-corrected chi connectivity index (χ2v) is 7.74. The monoisotopic (exact) mass is 448 g/mol. The normalized spacial score (nSPS) is 17.8. The zero-order valence-electron chi connectivity index (χ0n) is 18.5. The summed E-state index contributed by atoms with van der Waals surface area (Å²) in [7, 11) is 0. The van der Waals surface area contributed by atoms with E-state index in [1.807, 2.05) is 24.3 Å². The molecular weight excluding hydrogens is 420 g/mol. The molecule has 2 aliphatic heterocycles. The molecule has 2 fully saturated rings. The lowest BCUT2D eigenvalue weighted by atomic mass is 10.2. The summed E-state index contributed by atoms with van der Waals surface area (Å²) in [5, 5.41) is 10.1. The van der Waals surface area contributed by atoms with Crippen molar-refractivity contribution in [1.29, 1.82) is 0 Å². The number of morpholine rings is 2. The summed E-state index contributed by atoms with van der Waals surface area (Å²) in [6.07, 6.45) is 10.9. The van der Waals surface area contributed by atoms with Gasteiger partial charge in [0, 0.05) is 44.6 Å². The molecule has 33 heavy (non-hydrogen) atoms. The van der Waals surface area contributed by atoms with E-state index < -0.39 is 0 Å². The van der Waals surface area contributed by atoms with E-state index in [-0.39, 0.29) is 11.5 Å². The standard InChI is InChI=1S/C25H28N4O4/c30-22(5-1-20-3-7-24(26-18-20)28-9-13-32-14-10-28)17-23(31)6-2-21-4-8-25(27-19-21)29-11-15-33-16-12-29/h1-8,17-19,30H,9-16H2/b5-1+,6-2+,22-17-. The van der Waals surface area contributed by atoms with Gasteiger partial charge < -0.3 is 24.4 Å². The van der Waals surface area contributed by atoms with Gasteiger partial charge in [0.25, 0.3) is 0 Å². The summed E-state index contributed by atoms with van der Waals surface area (Å²) in [5.41, 5.74) is 1.65. The molecule has 0 aliphatic carbocycles. The quantitative estimate of drug-likeness (QED) is 0.393. The van der Waals surface area contributed by atoms with Crippen LogP contribution in [0.3, 0.4) is 0 Å². The van der Waals surface area contributed by atoms with Crippen LogP contribution in [0.1, 0.15) is 11.1 Å². The van der Waals surface area contributed by atoms with Crippen molar-refractivity contribution in [3.8, 4) is 0 Å². The Hall–Kier alpha value is -3.49. The molecule has 0 bridgehead atoms. The predicted octanol–water partition coefficient (Wildman–Crippen LogP) is 2.89. The highest BCUT2D eigenvalue weighted by atomic mass is 16.5. The number of aliphatic hydroxyl groups is 1. The molecule has 0 saturated carbocycles. The van der Waals surface area contributed by atoms with Crippen LogP contribution in [0.4, 0.5) is 11.6 Å². The molecule has 2 aromatic heterocycles. The first-order valence-electron chi connectivity index (χ1n) is 11.1. The molecule has 0 aromatic carbocycles. The summed E-state index contributed by atoms with van der Waals surface area (Å²) in [5.74, 6) is 1.37. The average Bonchev–Trinajstić information content (AvgIpc) is 2.88. The largest absolute Gasteiger partial charge is 0.508 e. The highest BCUT2D eigenvalue weighted by Gasteiger charge is 2.12. The van der Waals surface area contributed by atoms with E-state index in [2.05, 4.69) is 19.8 Å². The number of aromatic nitrogens is 2. The number of aliphatic hydroxyl groups excluding tert-OH is 1. The van der Waals surface area contributed by atoms with E-state index >= 15 is 0 Å². The van der Waals surface area contributed by atoms with Crippen molar-refractivity contribution in [2.45, 2.75) is 0 Å². The highest BCUT2D eigenvalue weighted by Crippen LogP contribution is 2.15. The smallest absolute Gasteiger partial charge is 0.182 e. The fraction of sp³-hybridized carbons (Fsp3) is 0.320. The summed E-state index contributed by atoms with van der Waals surface area (Å²) in [6, 6.07) is 7.72. The van der Waals surface area contributed by atoms with Crippen LogP contribution in [-0.2, 0) is 14.3 Å². The summed E-state index contributed by atoms with van der Waals surface area (Å²) in [4.78, 5) is 25.4. The Morgan fingerprint density at radius 1 is 0.788 bits per heavy atom. The number of carbonyl (C=O) groups is 1. The van der Waals surface area contributed by atoms with E-state index in [4.69, 9.17) is 9.47 Å². The zero-order valence-corrected chi connectivity index (χ0v) is 18.5. The van der Waals surface area contributed by atoms with Crippen LogP contribution in [0.2, 0.25) is 0 Å². The minimum absolute atomic E-state index is 0.123. The van der Waals surface area contributed by atoms with Crippen LogP contribution < -0.4 is 9.80 Å². The fourth-order valence-electron chi connectivity index (χ4n) is 3.55. The van der Waals surface area contributed by atoms with Gasteiger partial charge in [-0.3, -0.25) is 4.79 Å². The van der Waals surface area contributed by atoms with Crippen molar-refractivity contribution in [1.82, 2.24) is 9.97 Å². The van der Waals surface area contributed by atoms with Gasteiger partial charge in [-0.2, -0.15) is 0 Å². The number of rotatable bonds is 7. The van der Waals surface area contributed by atoms with Crippen molar-refractivity contribution in [2.24, 2.45) is 0 Å². The van der Waals surface area contributed by atoms with Crippen molar-refractivity contribution >= 4 is 29.6 Å². The Bertz CT molecular complexity index is 1000. The van der Waals surface area contributed by atoms with E-state index in [1.54, 1.807) is 24.5 Å². The van der Waals surface area contributed by atoms with Gasteiger partial charge in [-0.25, -0.2) is 9.97 Å². The Kier molecular flexibility index (Phi) is 7.84. The maximum Gasteiger partial charge on any atom is 0.182 e. The van der Waals surface area contributed by atoms with Crippen molar-refractivity contribution < 1.29 is 19.4 Å². The molecule has 2 aliphatic rings. The molecule has 0 unspecified atom stereocenters. The number of nitrogens with zero attached hydrogens (tertiary/aromatic N) is 4. The first kappa shape index (κ1) is 22.7. The third-order valence-electron chi connectivity index (χ3n) is 5.39. The van der Waals surface area contributed by atoms with Crippen LogP contribution in [-0.4, -0.2) is 73.5 Å². The third kappa shape index (κ3) is 6.74. The van der Waals surface area contributed by atoms with Gasteiger partial charge in [0.15, 0.2) is 5.78 Å². The van der Waals surface area contributed by atoms with Crippen molar-refractivity contribution in [2.75, 3.05) is 62.4 Å². The number of pyridine rings is 2. The van der Waals surface area contributed by atoms with Gasteiger partial charge in [0.2, 0.25) is 0 Å². The van der Waals surface area contributed by atoms with E-state index in [9.17, 15) is 9.90 Å². The first-order valence-corrected chi connectivity index (χ1v) is 11.1. The lowest BCUT2D eigenvalue weighted by Gasteiger charge is -2.27. The second kappa shape index (κ2) is 11.4. The van der Waals surface area contributed by atoms with Gasteiger partial charge in [0.05, 0.1) is 26.4 Å². The number of anilines is 2. The number of ether oxygens (including phenoxy) is 2. The number of ketones is 1. The molecule has 2 saturated heterocycles. The molecule has 2 aromatic rings. The fourth-order valence-corrected chi connectivity index (χ4v) is 3.55. The Morgan fingerprint density at radius 2 is 1.27 bits per heavy atom. The molecule has 8 nitrogen and oxygen atoms in total. The summed E-state index contributed by atoms with van der Waals surface area (Å²) in [6.45, 7) is 6.14. The van der Waals surface area contributed by atoms with Gasteiger partial charge in [-0.1, -0.05) is 0 Å². The van der Waals surface area contributed by atoms with E-state index in [0.717, 1.165) is 48.9 Å². The van der Waals surface area contributed by atoms with Crippen LogP contribution >= 0.6 is 0 Å². The van der Waals surface area contributed by atoms with E-state index in [1.165, 1.54) is 18.2 Å². The van der Waals surface area contributed by atoms with Gasteiger partial charge in [-0.15, -0.1) is 0 Å². The lowest BCUT2D eigenvalue weighted by molar-refractivity contribution is -0.110. The average molecular weight is 449 g/mol. The molecule has 4 heterocycles. The zero-order chi connectivity index (χ0) is 22.9. The second-order valence-electron chi connectivity index (χ2n) is 7.74. The molecule has 4 rings (SSSR count). The number of hydrogen-bond acceptors (Lipinski definition) is 8.